The van der Waals surface area contributed by atoms with E-state index in [4.69, 9.17) is 0 Å². The normalized spacial score (nSPS) is 14.1. The summed E-state index contributed by atoms with van der Waals surface area (Å²) < 4.78 is 0. The minimum absolute atomic E-state index is 0.0196. The second-order valence-corrected chi connectivity index (χ2v) is 6.63. The molecular weight excluding hydrogens is 312 g/mol. The second kappa shape index (κ2) is 8.62. The smallest absolute Gasteiger partial charge is 0.238 e. The average Bonchev–Trinajstić information content (AvgIpc) is 3.16. The van der Waals surface area contributed by atoms with Gasteiger partial charge in [0.1, 0.15) is 0 Å². The average molecular weight is 338 g/mol. The van der Waals surface area contributed by atoms with Crippen molar-refractivity contribution in [2.45, 2.75) is 19.3 Å². The molecule has 3 rings (SSSR count). The zero-order valence-corrected chi connectivity index (χ0v) is 14.8. The van der Waals surface area contributed by atoms with Crippen molar-refractivity contribution in [1.29, 1.82) is 0 Å². The van der Waals surface area contributed by atoms with E-state index in [0.717, 1.165) is 31.7 Å². The van der Waals surface area contributed by atoms with Gasteiger partial charge in [0.15, 0.2) is 0 Å². The van der Waals surface area contributed by atoms with Crippen molar-refractivity contribution < 1.29 is 4.79 Å². The number of amides is 1. The molecule has 0 bridgehead atoms. The molecule has 0 aliphatic carbocycles. The van der Waals surface area contributed by atoms with Crippen LogP contribution < -0.4 is 10.2 Å². The van der Waals surface area contributed by atoms with Gasteiger partial charge < -0.3 is 10.2 Å². The number of nitrogens with zero attached hydrogens (tertiary/aromatic N) is 3. The lowest BCUT2D eigenvalue weighted by Gasteiger charge is -2.18. The summed E-state index contributed by atoms with van der Waals surface area (Å²) in [5.41, 5.74) is 3.33. The number of hydrogen-bond acceptors (Lipinski definition) is 4. The monoisotopic (exact) mass is 338 g/mol. The van der Waals surface area contributed by atoms with Crippen LogP contribution in [0.15, 0.2) is 48.8 Å². The summed E-state index contributed by atoms with van der Waals surface area (Å²) in [6, 6.07) is 12.2. The molecule has 1 saturated heterocycles. The molecule has 1 aliphatic rings. The van der Waals surface area contributed by atoms with Crippen LogP contribution in [0, 0.1) is 0 Å². The molecule has 0 atom stereocenters. The van der Waals surface area contributed by atoms with Crippen molar-refractivity contribution in [1.82, 2.24) is 9.88 Å². The maximum atomic E-state index is 12.2. The lowest BCUT2D eigenvalue weighted by atomic mass is 10.2. The van der Waals surface area contributed by atoms with Crippen LogP contribution in [-0.2, 0) is 11.2 Å². The number of likely N-dealkylation sites (N-methyl/N-ethyl adjacent to an activating group) is 1. The number of aromatic nitrogens is 1. The quantitative estimate of drug-likeness (QED) is 0.843. The summed E-state index contributed by atoms with van der Waals surface area (Å²) in [6.07, 6.45) is 7.05. The number of benzene rings is 1. The minimum Gasteiger partial charge on any atom is -0.372 e. The molecule has 1 fully saturated rings. The molecule has 1 aromatic carbocycles. The van der Waals surface area contributed by atoms with E-state index in [-0.39, 0.29) is 5.91 Å². The molecule has 2 heterocycles. The SMILES string of the molecule is CN(CCc1ccncc1)CC(=O)Nc1ccc(N2CCCC2)cc1. The summed E-state index contributed by atoms with van der Waals surface area (Å²) in [5, 5.41) is 2.98. The Labute approximate surface area is 149 Å². The first-order chi connectivity index (χ1) is 12.2. The molecule has 2 aromatic rings. The molecule has 0 radical (unpaired) electrons. The molecule has 1 amide bonds. The molecule has 1 aromatic heterocycles. The van der Waals surface area contributed by atoms with E-state index in [0.29, 0.717) is 6.54 Å². The van der Waals surface area contributed by atoms with Crippen LogP contribution in [0.2, 0.25) is 0 Å². The van der Waals surface area contributed by atoms with E-state index >= 15 is 0 Å². The second-order valence-electron chi connectivity index (χ2n) is 6.63. The van der Waals surface area contributed by atoms with E-state index < -0.39 is 0 Å². The zero-order chi connectivity index (χ0) is 17.5. The van der Waals surface area contributed by atoms with Crippen LogP contribution in [0.5, 0.6) is 0 Å². The third-order valence-corrected chi connectivity index (χ3v) is 4.57. The molecule has 1 aliphatic heterocycles. The number of carbonyl (C=O) groups excluding carboxylic acids is 1. The number of pyridine rings is 1. The molecule has 0 unspecified atom stereocenters. The third-order valence-electron chi connectivity index (χ3n) is 4.57. The predicted octanol–water partition coefficient (Wildman–Crippen LogP) is 2.79. The largest absolute Gasteiger partial charge is 0.372 e. The van der Waals surface area contributed by atoms with Crippen molar-refractivity contribution in [2.75, 3.05) is 43.4 Å². The molecule has 1 N–H and O–H groups in total. The Kier molecular flexibility index (Phi) is 6.01. The zero-order valence-electron chi connectivity index (χ0n) is 14.8. The van der Waals surface area contributed by atoms with Crippen LogP contribution in [0.3, 0.4) is 0 Å². The first-order valence-electron chi connectivity index (χ1n) is 8.93. The number of anilines is 2. The first-order valence-corrected chi connectivity index (χ1v) is 8.93. The van der Waals surface area contributed by atoms with E-state index in [2.05, 4.69) is 27.3 Å². The van der Waals surface area contributed by atoms with Crippen molar-refractivity contribution in [3.8, 4) is 0 Å². The van der Waals surface area contributed by atoms with Crippen LogP contribution in [0.1, 0.15) is 18.4 Å². The lowest BCUT2D eigenvalue weighted by molar-refractivity contribution is -0.117. The van der Waals surface area contributed by atoms with E-state index in [1.807, 2.05) is 36.2 Å². The fourth-order valence-electron chi connectivity index (χ4n) is 3.13. The van der Waals surface area contributed by atoms with Crippen molar-refractivity contribution in [2.24, 2.45) is 0 Å². The number of hydrogen-bond donors (Lipinski definition) is 1. The van der Waals surface area contributed by atoms with Crippen molar-refractivity contribution in [3.05, 3.63) is 54.4 Å². The molecular formula is C20H26N4O. The third kappa shape index (κ3) is 5.29. The summed E-state index contributed by atoms with van der Waals surface area (Å²) in [6.45, 7) is 3.49. The van der Waals surface area contributed by atoms with Gasteiger partial charge in [0.2, 0.25) is 5.91 Å². The Bertz CT molecular complexity index is 666. The summed E-state index contributed by atoms with van der Waals surface area (Å²) in [4.78, 5) is 20.6. The highest BCUT2D eigenvalue weighted by Gasteiger charge is 2.12. The summed E-state index contributed by atoms with van der Waals surface area (Å²) >= 11 is 0. The van der Waals surface area contributed by atoms with Crippen LogP contribution >= 0.6 is 0 Å². The van der Waals surface area contributed by atoms with Gasteiger partial charge in [-0.25, -0.2) is 0 Å². The van der Waals surface area contributed by atoms with Gasteiger partial charge in [-0.05, 0) is 68.3 Å². The number of nitrogens with one attached hydrogen (secondary N) is 1. The maximum absolute atomic E-state index is 12.2. The predicted molar refractivity (Wildman–Crippen MR) is 102 cm³/mol. The maximum Gasteiger partial charge on any atom is 0.238 e. The fourth-order valence-corrected chi connectivity index (χ4v) is 3.13. The Morgan fingerprint density at radius 1 is 1.12 bits per heavy atom. The highest BCUT2D eigenvalue weighted by Crippen LogP contribution is 2.21. The minimum atomic E-state index is 0.0196. The Hall–Kier alpha value is -2.40. The van der Waals surface area contributed by atoms with E-state index in [1.165, 1.54) is 24.1 Å². The van der Waals surface area contributed by atoms with Crippen molar-refractivity contribution in [3.63, 3.8) is 0 Å². The highest BCUT2D eigenvalue weighted by atomic mass is 16.2. The van der Waals surface area contributed by atoms with E-state index in [9.17, 15) is 4.79 Å². The Morgan fingerprint density at radius 3 is 2.48 bits per heavy atom. The van der Waals surface area contributed by atoms with Gasteiger partial charge in [0, 0.05) is 43.4 Å². The molecule has 25 heavy (non-hydrogen) atoms. The van der Waals surface area contributed by atoms with Crippen molar-refractivity contribution >= 4 is 17.3 Å². The Morgan fingerprint density at radius 2 is 1.80 bits per heavy atom. The van der Waals surface area contributed by atoms with Gasteiger partial charge in [-0.15, -0.1) is 0 Å². The van der Waals surface area contributed by atoms with Gasteiger partial charge in [0.25, 0.3) is 0 Å². The van der Waals surface area contributed by atoms with Crippen LogP contribution in [0.25, 0.3) is 0 Å². The molecule has 0 spiro atoms. The number of rotatable bonds is 7. The molecule has 5 nitrogen and oxygen atoms in total. The summed E-state index contributed by atoms with van der Waals surface area (Å²) in [5.74, 6) is 0.0196. The van der Waals surface area contributed by atoms with Crippen LogP contribution in [-0.4, -0.2) is 49.0 Å². The van der Waals surface area contributed by atoms with Gasteiger partial charge in [-0.1, -0.05) is 0 Å². The van der Waals surface area contributed by atoms with Gasteiger partial charge in [0.05, 0.1) is 6.54 Å². The fraction of sp³-hybridized carbons (Fsp3) is 0.400. The van der Waals surface area contributed by atoms with E-state index in [1.54, 1.807) is 12.4 Å². The highest BCUT2D eigenvalue weighted by molar-refractivity contribution is 5.92. The topological polar surface area (TPSA) is 48.5 Å². The number of carbonyl (C=O) groups is 1. The first kappa shape index (κ1) is 17.4. The Balaban J connectivity index is 1.43. The molecule has 0 saturated carbocycles. The molecule has 132 valence electrons. The summed E-state index contributed by atoms with van der Waals surface area (Å²) in [7, 11) is 1.97. The van der Waals surface area contributed by atoms with Gasteiger partial charge in [-0.2, -0.15) is 0 Å². The lowest BCUT2D eigenvalue weighted by Crippen LogP contribution is -2.31. The standard InChI is InChI=1S/C20H26N4O/c1-23(15-10-17-8-11-21-12-9-17)16-20(25)22-18-4-6-19(7-5-18)24-13-2-3-14-24/h4-9,11-12H,2-3,10,13-16H2,1H3,(H,22,25). The van der Waals surface area contributed by atoms with Crippen LogP contribution in [0.4, 0.5) is 11.4 Å². The van der Waals surface area contributed by atoms with Gasteiger partial charge in [-0.3, -0.25) is 14.7 Å². The van der Waals surface area contributed by atoms with Gasteiger partial charge >= 0.3 is 0 Å². The molecule has 5 heteroatoms.